The molecule has 23 heavy (non-hydrogen) atoms. The molecule has 128 valence electrons. The highest BCUT2D eigenvalue weighted by Crippen LogP contribution is 2.25. The molecule has 0 saturated heterocycles. The van der Waals surface area contributed by atoms with Gasteiger partial charge in [-0.15, -0.1) is 0 Å². The summed E-state index contributed by atoms with van der Waals surface area (Å²) in [5, 5.41) is 14.9. The summed E-state index contributed by atoms with van der Waals surface area (Å²) in [4.78, 5) is 11.9. The Morgan fingerprint density at radius 2 is 2.22 bits per heavy atom. The van der Waals surface area contributed by atoms with E-state index < -0.39 is 12.6 Å². The molecule has 0 radical (unpaired) electrons. The topological polar surface area (TPSA) is 70.6 Å². The second-order valence-corrected chi connectivity index (χ2v) is 5.88. The minimum Gasteiger partial charge on any atom is -0.434 e. The molecule has 1 aromatic carbocycles. The molecular weight excluding hydrogens is 306 g/mol. The predicted molar refractivity (Wildman–Crippen MR) is 82.8 cm³/mol. The van der Waals surface area contributed by atoms with Crippen LogP contribution in [0.3, 0.4) is 0 Å². The molecule has 0 spiro atoms. The van der Waals surface area contributed by atoms with Crippen LogP contribution in [0.4, 0.5) is 19.3 Å². The fraction of sp³-hybridized carbons (Fsp3) is 0.562. The molecule has 1 fully saturated rings. The van der Waals surface area contributed by atoms with Crippen LogP contribution in [-0.4, -0.2) is 30.4 Å². The number of alkyl halides is 2. The quantitative estimate of drug-likeness (QED) is 0.777. The average Bonchev–Trinajstić information content (AvgIpc) is 2.48. The zero-order valence-corrected chi connectivity index (χ0v) is 13.0. The lowest BCUT2D eigenvalue weighted by Gasteiger charge is -2.25. The number of nitrogens with one attached hydrogen (secondary N) is 2. The van der Waals surface area contributed by atoms with Crippen molar-refractivity contribution in [3.05, 3.63) is 23.8 Å². The number of anilines is 1. The number of aliphatic hydroxyl groups is 1. The number of carbonyl (C=O) groups excluding carboxylic acids is 1. The molecule has 0 aromatic heterocycles. The summed E-state index contributed by atoms with van der Waals surface area (Å²) >= 11 is 0. The van der Waals surface area contributed by atoms with Gasteiger partial charge in [0.25, 0.3) is 0 Å². The van der Waals surface area contributed by atoms with Gasteiger partial charge in [-0.25, -0.2) is 4.79 Å². The molecule has 1 aromatic rings. The number of halogens is 2. The standard InChI is InChI=1S/C16H22F2N2O3/c1-10-5-6-12(8-14(10)23-15(17)18)20-16(22)19-9-11-3-2-4-13(21)7-11/h5-6,8,11,13,15,21H,2-4,7,9H2,1H3,(H2,19,20,22). The molecule has 2 atom stereocenters. The van der Waals surface area contributed by atoms with Gasteiger partial charge < -0.3 is 20.5 Å². The normalized spacial score (nSPS) is 21.1. The van der Waals surface area contributed by atoms with Crippen molar-refractivity contribution in [2.24, 2.45) is 5.92 Å². The molecule has 2 amide bonds. The number of amides is 2. The van der Waals surface area contributed by atoms with E-state index in [1.54, 1.807) is 19.1 Å². The van der Waals surface area contributed by atoms with Crippen molar-refractivity contribution in [3.8, 4) is 5.75 Å². The van der Waals surface area contributed by atoms with Gasteiger partial charge in [0.1, 0.15) is 5.75 Å². The monoisotopic (exact) mass is 328 g/mol. The second kappa shape index (κ2) is 8.10. The summed E-state index contributed by atoms with van der Waals surface area (Å²) in [5.41, 5.74) is 0.944. The first-order valence-corrected chi connectivity index (χ1v) is 7.72. The Morgan fingerprint density at radius 3 is 2.91 bits per heavy atom. The third-order valence-corrected chi connectivity index (χ3v) is 3.97. The summed E-state index contributed by atoms with van der Waals surface area (Å²) in [6, 6.07) is 4.19. The highest BCUT2D eigenvalue weighted by atomic mass is 19.3. The highest BCUT2D eigenvalue weighted by Gasteiger charge is 2.20. The van der Waals surface area contributed by atoms with Gasteiger partial charge in [-0.2, -0.15) is 8.78 Å². The summed E-state index contributed by atoms with van der Waals surface area (Å²) < 4.78 is 29.0. The van der Waals surface area contributed by atoms with Crippen LogP contribution in [0.1, 0.15) is 31.2 Å². The second-order valence-electron chi connectivity index (χ2n) is 5.88. The van der Waals surface area contributed by atoms with Gasteiger partial charge in [0.05, 0.1) is 6.10 Å². The summed E-state index contributed by atoms with van der Waals surface area (Å²) in [6.45, 7) is -0.777. The van der Waals surface area contributed by atoms with Crippen molar-refractivity contribution >= 4 is 11.7 Å². The largest absolute Gasteiger partial charge is 0.434 e. The zero-order valence-electron chi connectivity index (χ0n) is 13.0. The Balaban J connectivity index is 1.85. The molecule has 7 heteroatoms. The van der Waals surface area contributed by atoms with Crippen molar-refractivity contribution in [3.63, 3.8) is 0 Å². The van der Waals surface area contributed by atoms with Gasteiger partial charge in [-0.1, -0.05) is 12.5 Å². The van der Waals surface area contributed by atoms with Crippen LogP contribution in [0.25, 0.3) is 0 Å². The SMILES string of the molecule is Cc1ccc(NC(=O)NCC2CCCC(O)C2)cc1OC(F)F. The highest BCUT2D eigenvalue weighted by molar-refractivity contribution is 5.89. The number of aryl methyl sites for hydroxylation is 1. The molecule has 1 aliphatic rings. The first kappa shape index (κ1) is 17.5. The van der Waals surface area contributed by atoms with Gasteiger partial charge in [0, 0.05) is 18.3 Å². The maximum atomic E-state index is 12.3. The molecular formula is C16H22F2N2O3. The molecule has 0 bridgehead atoms. The van der Waals surface area contributed by atoms with E-state index in [1.165, 1.54) is 6.07 Å². The molecule has 5 nitrogen and oxygen atoms in total. The molecule has 0 aliphatic heterocycles. The molecule has 2 rings (SSSR count). The number of hydrogen-bond donors (Lipinski definition) is 3. The van der Waals surface area contributed by atoms with Gasteiger partial charge >= 0.3 is 12.6 Å². The van der Waals surface area contributed by atoms with Crippen molar-refractivity contribution in [1.82, 2.24) is 5.32 Å². The maximum Gasteiger partial charge on any atom is 0.387 e. The lowest BCUT2D eigenvalue weighted by atomic mass is 9.87. The smallest absolute Gasteiger partial charge is 0.387 e. The van der Waals surface area contributed by atoms with Crippen molar-refractivity contribution < 1.29 is 23.4 Å². The van der Waals surface area contributed by atoms with Gasteiger partial charge in [0.2, 0.25) is 0 Å². The molecule has 3 N–H and O–H groups in total. The third-order valence-electron chi connectivity index (χ3n) is 3.97. The molecule has 1 saturated carbocycles. The van der Waals surface area contributed by atoms with Crippen LogP contribution in [0.2, 0.25) is 0 Å². The van der Waals surface area contributed by atoms with Gasteiger partial charge in [0.15, 0.2) is 0 Å². The van der Waals surface area contributed by atoms with Crippen LogP contribution in [0.5, 0.6) is 5.75 Å². The summed E-state index contributed by atoms with van der Waals surface area (Å²) in [5.74, 6) is 0.299. The predicted octanol–water partition coefficient (Wildman–Crippen LogP) is 3.27. The minimum atomic E-state index is -2.91. The Labute approximate surface area is 134 Å². The molecule has 2 unspecified atom stereocenters. The minimum absolute atomic E-state index is 0.0354. The number of hydrogen-bond acceptors (Lipinski definition) is 3. The van der Waals surface area contributed by atoms with E-state index in [0.29, 0.717) is 24.2 Å². The van der Waals surface area contributed by atoms with Crippen LogP contribution >= 0.6 is 0 Å². The number of benzene rings is 1. The Morgan fingerprint density at radius 1 is 1.43 bits per heavy atom. The Kier molecular flexibility index (Phi) is 6.15. The Bertz CT molecular complexity index is 540. The zero-order chi connectivity index (χ0) is 16.8. The van der Waals surface area contributed by atoms with E-state index in [1.807, 2.05) is 0 Å². The van der Waals surface area contributed by atoms with Crippen LogP contribution in [0, 0.1) is 12.8 Å². The number of ether oxygens (including phenoxy) is 1. The lowest BCUT2D eigenvalue weighted by Crippen LogP contribution is -2.35. The average molecular weight is 328 g/mol. The molecule has 0 heterocycles. The Hall–Kier alpha value is -1.89. The van der Waals surface area contributed by atoms with E-state index >= 15 is 0 Å². The van der Waals surface area contributed by atoms with E-state index in [0.717, 1.165) is 19.3 Å². The van der Waals surface area contributed by atoms with E-state index in [-0.39, 0.29) is 17.8 Å². The summed E-state index contributed by atoms with van der Waals surface area (Å²) in [7, 11) is 0. The van der Waals surface area contributed by atoms with Crippen LogP contribution in [-0.2, 0) is 0 Å². The van der Waals surface area contributed by atoms with Crippen molar-refractivity contribution in [2.75, 3.05) is 11.9 Å². The first-order valence-electron chi connectivity index (χ1n) is 7.72. The van der Waals surface area contributed by atoms with Gasteiger partial charge in [-0.3, -0.25) is 0 Å². The number of urea groups is 1. The van der Waals surface area contributed by atoms with Crippen LogP contribution < -0.4 is 15.4 Å². The van der Waals surface area contributed by atoms with Gasteiger partial charge in [-0.05, 0) is 43.7 Å². The van der Waals surface area contributed by atoms with E-state index in [4.69, 9.17) is 0 Å². The van der Waals surface area contributed by atoms with E-state index in [2.05, 4.69) is 15.4 Å². The lowest BCUT2D eigenvalue weighted by molar-refractivity contribution is -0.0502. The van der Waals surface area contributed by atoms with E-state index in [9.17, 15) is 18.7 Å². The first-order chi connectivity index (χ1) is 10.9. The summed E-state index contributed by atoms with van der Waals surface area (Å²) in [6.07, 6.45) is 3.16. The molecule has 1 aliphatic carbocycles. The number of carbonyl (C=O) groups is 1. The van der Waals surface area contributed by atoms with Crippen LogP contribution in [0.15, 0.2) is 18.2 Å². The van der Waals surface area contributed by atoms with Crippen molar-refractivity contribution in [1.29, 1.82) is 0 Å². The number of aliphatic hydroxyl groups excluding tert-OH is 1. The maximum absolute atomic E-state index is 12.3. The third kappa shape index (κ3) is 5.67. The fourth-order valence-electron chi connectivity index (χ4n) is 2.76. The fourth-order valence-corrected chi connectivity index (χ4v) is 2.76. The number of rotatable bonds is 5. The van der Waals surface area contributed by atoms with Crippen molar-refractivity contribution in [2.45, 2.75) is 45.3 Å².